The summed E-state index contributed by atoms with van der Waals surface area (Å²) in [6, 6.07) is 5.23. The monoisotopic (exact) mass is 549 g/mol. The minimum absolute atomic E-state index is 0.0508. The van der Waals surface area contributed by atoms with Gasteiger partial charge in [-0.25, -0.2) is 18.2 Å². The lowest BCUT2D eigenvalue weighted by Crippen LogP contribution is -2.50. The van der Waals surface area contributed by atoms with Crippen LogP contribution in [0.1, 0.15) is 25.3 Å². The summed E-state index contributed by atoms with van der Waals surface area (Å²) in [5.41, 5.74) is -0.420. The molecule has 1 atom stereocenters. The molecular weight excluding hydrogens is 526 g/mol. The number of rotatable bonds is 7. The predicted octanol–water partition coefficient (Wildman–Crippen LogP) is 3.85. The minimum Gasteiger partial charge on any atom is -0.388 e. The van der Waals surface area contributed by atoms with Crippen LogP contribution >= 0.6 is 11.3 Å². The second-order valence-electron chi connectivity index (χ2n) is 9.34. The molecule has 8 nitrogen and oxygen atoms in total. The van der Waals surface area contributed by atoms with Crippen LogP contribution in [0.4, 0.5) is 17.6 Å². The van der Waals surface area contributed by atoms with Crippen LogP contribution in [0.5, 0.6) is 0 Å². The van der Waals surface area contributed by atoms with Gasteiger partial charge in [0.1, 0.15) is 11.9 Å². The Bertz CT molecular complexity index is 1510. The number of benzene rings is 1. The summed E-state index contributed by atoms with van der Waals surface area (Å²) < 4.78 is 55.5. The summed E-state index contributed by atoms with van der Waals surface area (Å²) in [6.45, 7) is 0.164. The largest absolute Gasteiger partial charge is 0.388 e. The maximum absolute atomic E-state index is 13.5. The maximum Gasteiger partial charge on any atom is 0.262 e. The number of likely N-dealkylation sites (tertiary alicyclic amines) is 1. The first kappa shape index (κ1) is 26.0. The molecule has 0 bridgehead atoms. The SMILES string of the molecule is O=C(CC(C(F)F)n1ccc(F)n1)N1CCC(O)(Cn2cnc3c(-c4ccc(F)cc4)scc3c2=O)CC1. The number of aromatic nitrogens is 4. The zero-order chi connectivity index (χ0) is 27.0. The Morgan fingerprint density at radius 3 is 2.47 bits per heavy atom. The first-order chi connectivity index (χ1) is 18.1. The molecule has 1 aromatic carbocycles. The fourth-order valence-electron chi connectivity index (χ4n) is 4.64. The number of fused-ring (bicyclic) bond motifs is 1. The average molecular weight is 550 g/mol. The highest BCUT2D eigenvalue weighted by Crippen LogP contribution is 2.33. The molecule has 1 aliphatic rings. The van der Waals surface area contributed by atoms with Gasteiger partial charge in [-0.2, -0.15) is 4.39 Å². The second kappa shape index (κ2) is 10.3. The Morgan fingerprint density at radius 1 is 1.13 bits per heavy atom. The number of carbonyl (C=O) groups excluding carboxylic acids is 1. The lowest BCUT2D eigenvalue weighted by molar-refractivity contribution is -0.138. The number of halogens is 4. The van der Waals surface area contributed by atoms with Gasteiger partial charge in [-0.3, -0.25) is 18.8 Å². The highest BCUT2D eigenvalue weighted by Gasteiger charge is 2.36. The number of aliphatic hydroxyl groups is 1. The summed E-state index contributed by atoms with van der Waals surface area (Å²) >= 11 is 1.31. The number of piperidine rings is 1. The number of nitrogens with zero attached hydrogens (tertiary/aromatic N) is 5. The highest BCUT2D eigenvalue weighted by atomic mass is 32.1. The number of carbonyl (C=O) groups is 1. The summed E-state index contributed by atoms with van der Waals surface area (Å²) in [7, 11) is 0. The zero-order valence-electron chi connectivity index (χ0n) is 19.9. The van der Waals surface area contributed by atoms with Gasteiger partial charge in [-0.05, 0) is 30.5 Å². The molecule has 4 aromatic rings. The minimum atomic E-state index is -2.92. The average Bonchev–Trinajstić information content (AvgIpc) is 3.51. The molecule has 1 aliphatic heterocycles. The van der Waals surface area contributed by atoms with Gasteiger partial charge in [0.05, 0.1) is 40.7 Å². The molecule has 0 aliphatic carbocycles. The summed E-state index contributed by atoms with van der Waals surface area (Å²) in [6.07, 6.45) is -0.808. The zero-order valence-corrected chi connectivity index (χ0v) is 20.8. The first-order valence-corrected chi connectivity index (χ1v) is 12.7. The quantitative estimate of drug-likeness (QED) is 0.354. The normalized spacial score (nSPS) is 16.3. The van der Waals surface area contributed by atoms with Gasteiger partial charge in [-0.1, -0.05) is 12.1 Å². The standard InChI is InChI=1S/C25H23F4N5O3S/c26-16-3-1-15(2-4-16)22-21-17(12-38-22)24(36)33(14-30-21)13-25(37)6-9-32(10-7-25)20(35)11-18(23(28)29)34-8-5-19(27)31-34/h1-5,8,12,14,18,23,37H,6-7,9-11,13H2. The van der Waals surface area contributed by atoms with E-state index in [1.807, 2.05) is 0 Å². The van der Waals surface area contributed by atoms with Gasteiger partial charge in [0.15, 0.2) is 0 Å². The fraction of sp³-hybridized carbons (Fsp3) is 0.360. The lowest BCUT2D eigenvalue weighted by Gasteiger charge is -2.38. The van der Waals surface area contributed by atoms with Crippen LogP contribution in [-0.2, 0) is 11.3 Å². The Balaban J connectivity index is 1.25. The van der Waals surface area contributed by atoms with Crippen molar-refractivity contribution in [3.05, 3.63) is 70.4 Å². The Hall–Kier alpha value is -3.58. The van der Waals surface area contributed by atoms with E-state index in [1.165, 1.54) is 39.3 Å². The molecule has 1 amide bonds. The molecule has 0 spiro atoms. The highest BCUT2D eigenvalue weighted by molar-refractivity contribution is 7.15. The van der Waals surface area contributed by atoms with Crippen molar-refractivity contribution in [3.8, 4) is 10.4 Å². The van der Waals surface area contributed by atoms with Crippen molar-refractivity contribution in [2.24, 2.45) is 0 Å². The van der Waals surface area contributed by atoms with Crippen molar-refractivity contribution < 1.29 is 27.5 Å². The van der Waals surface area contributed by atoms with E-state index in [-0.39, 0.29) is 43.9 Å². The molecule has 4 heterocycles. The molecule has 0 radical (unpaired) electrons. The van der Waals surface area contributed by atoms with E-state index in [0.29, 0.717) is 10.9 Å². The third kappa shape index (κ3) is 5.20. The third-order valence-electron chi connectivity index (χ3n) is 6.79. The van der Waals surface area contributed by atoms with Crippen LogP contribution in [0.2, 0.25) is 0 Å². The topological polar surface area (TPSA) is 93.2 Å². The Morgan fingerprint density at radius 2 is 1.84 bits per heavy atom. The number of hydrogen-bond acceptors (Lipinski definition) is 6. The van der Waals surface area contributed by atoms with Crippen LogP contribution in [0.15, 0.2) is 53.0 Å². The van der Waals surface area contributed by atoms with E-state index in [2.05, 4.69) is 10.1 Å². The van der Waals surface area contributed by atoms with Crippen LogP contribution in [0, 0.1) is 11.8 Å². The van der Waals surface area contributed by atoms with E-state index >= 15 is 0 Å². The maximum atomic E-state index is 13.5. The summed E-state index contributed by atoms with van der Waals surface area (Å²) in [5.74, 6) is -1.84. The third-order valence-corrected chi connectivity index (χ3v) is 7.81. The van der Waals surface area contributed by atoms with E-state index in [0.717, 1.165) is 27.4 Å². The summed E-state index contributed by atoms with van der Waals surface area (Å²) in [5, 5.41) is 16.6. The molecule has 1 unspecified atom stereocenters. The molecular formula is C25H23F4N5O3S. The smallest absolute Gasteiger partial charge is 0.262 e. The van der Waals surface area contributed by atoms with Gasteiger partial charge in [0.2, 0.25) is 11.9 Å². The van der Waals surface area contributed by atoms with E-state index in [1.54, 1.807) is 17.5 Å². The van der Waals surface area contributed by atoms with Crippen LogP contribution in [-0.4, -0.2) is 60.4 Å². The van der Waals surface area contributed by atoms with Crippen LogP contribution in [0.25, 0.3) is 21.3 Å². The van der Waals surface area contributed by atoms with Crippen molar-refractivity contribution in [1.29, 1.82) is 0 Å². The molecule has 1 saturated heterocycles. The van der Waals surface area contributed by atoms with Gasteiger partial charge < -0.3 is 10.0 Å². The van der Waals surface area contributed by atoms with E-state index in [4.69, 9.17) is 0 Å². The van der Waals surface area contributed by atoms with Crippen LogP contribution in [0.3, 0.4) is 0 Å². The molecule has 200 valence electrons. The number of alkyl halides is 2. The molecule has 13 heteroatoms. The molecule has 1 N–H and O–H groups in total. The van der Waals surface area contributed by atoms with Crippen molar-refractivity contribution in [3.63, 3.8) is 0 Å². The van der Waals surface area contributed by atoms with Crippen molar-refractivity contribution in [2.45, 2.75) is 43.9 Å². The fourth-order valence-corrected chi connectivity index (χ4v) is 5.63. The number of amides is 1. The molecule has 5 rings (SSSR count). The molecule has 0 saturated carbocycles. The lowest BCUT2D eigenvalue weighted by atomic mass is 9.91. The molecule has 1 fully saturated rings. The van der Waals surface area contributed by atoms with E-state index < -0.39 is 36.3 Å². The predicted molar refractivity (Wildman–Crippen MR) is 132 cm³/mol. The van der Waals surface area contributed by atoms with Gasteiger partial charge >= 0.3 is 0 Å². The summed E-state index contributed by atoms with van der Waals surface area (Å²) in [4.78, 5) is 32.3. The van der Waals surface area contributed by atoms with E-state index in [9.17, 15) is 32.3 Å². The van der Waals surface area contributed by atoms with Crippen LogP contribution < -0.4 is 5.56 Å². The van der Waals surface area contributed by atoms with Crippen molar-refractivity contribution >= 4 is 28.1 Å². The first-order valence-electron chi connectivity index (χ1n) is 11.8. The Kier molecular flexibility index (Phi) is 7.05. The van der Waals surface area contributed by atoms with Gasteiger partial charge in [0.25, 0.3) is 12.0 Å². The number of thiophene rings is 1. The van der Waals surface area contributed by atoms with Crippen molar-refractivity contribution in [1.82, 2.24) is 24.2 Å². The van der Waals surface area contributed by atoms with Gasteiger partial charge in [0, 0.05) is 30.7 Å². The van der Waals surface area contributed by atoms with Crippen molar-refractivity contribution in [2.75, 3.05) is 13.1 Å². The molecule has 38 heavy (non-hydrogen) atoms. The number of hydrogen-bond donors (Lipinski definition) is 1. The Labute approximate surface area is 217 Å². The van der Waals surface area contributed by atoms with Gasteiger partial charge in [-0.15, -0.1) is 16.4 Å². The molecule has 3 aromatic heterocycles. The second-order valence-corrected chi connectivity index (χ2v) is 10.2.